The maximum Gasteiger partial charge on any atom is 0.238 e. The molecule has 1 aromatic rings. The summed E-state index contributed by atoms with van der Waals surface area (Å²) in [6, 6.07) is 8.33. The van der Waals surface area contributed by atoms with E-state index in [1.54, 1.807) is 0 Å². The number of carbonyl (C=O) groups excluding carboxylic acids is 1. The van der Waals surface area contributed by atoms with Gasteiger partial charge in [-0.15, -0.1) is 0 Å². The summed E-state index contributed by atoms with van der Waals surface area (Å²) in [6.45, 7) is 4.18. The van der Waals surface area contributed by atoms with Crippen LogP contribution >= 0.6 is 0 Å². The Morgan fingerprint density at radius 2 is 2.05 bits per heavy atom. The third-order valence-corrected chi connectivity index (χ3v) is 3.39. The first kappa shape index (κ1) is 14.0. The molecule has 4 nitrogen and oxygen atoms in total. The summed E-state index contributed by atoms with van der Waals surface area (Å²) >= 11 is 0. The van der Waals surface area contributed by atoms with E-state index in [9.17, 15) is 4.79 Å². The van der Waals surface area contributed by atoms with Crippen LogP contribution in [0.5, 0.6) is 0 Å². The second-order valence-electron chi connectivity index (χ2n) is 5.15. The lowest BCUT2D eigenvalue weighted by Crippen LogP contribution is -2.35. The normalized spacial score (nSPS) is 14.7. The Balaban J connectivity index is 1.85. The van der Waals surface area contributed by atoms with Gasteiger partial charge in [0.25, 0.3) is 0 Å². The number of nitrogens with zero attached hydrogens (tertiary/aromatic N) is 1. The van der Waals surface area contributed by atoms with Gasteiger partial charge in [-0.2, -0.15) is 0 Å². The smallest absolute Gasteiger partial charge is 0.238 e. The molecule has 0 heterocycles. The minimum atomic E-state index is 0.0702. The molecular formula is C15H23N3O. The summed E-state index contributed by atoms with van der Waals surface area (Å²) in [6.07, 6.45) is 3.56. The fraction of sp³-hybridized carbons (Fsp3) is 0.533. The van der Waals surface area contributed by atoms with Crippen LogP contribution in [0.2, 0.25) is 0 Å². The second kappa shape index (κ2) is 6.68. The maximum absolute atomic E-state index is 12.0. The van der Waals surface area contributed by atoms with Gasteiger partial charge >= 0.3 is 0 Å². The van der Waals surface area contributed by atoms with Crippen molar-refractivity contribution in [2.24, 2.45) is 5.73 Å². The van der Waals surface area contributed by atoms with Gasteiger partial charge in [0.15, 0.2) is 0 Å². The highest BCUT2D eigenvalue weighted by Crippen LogP contribution is 2.26. The molecule has 1 aliphatic rings. The molecule has 0 saturated heterocycles. The number of hydrogen-bond donors (Lipinski definition) is 2. The summed E-state index contributed by atoms with van der Waals surface area (Å²) in [7, 11) is 0. The van der Waals surface area contributed by atoms with Crippen LogP contribution in [0.15, 0.2) is 24.3 Å². The third kappa shape index (κ3) is 4.33. The van der Waals surface area contributed by atoms with E-state index in [4.69, 9.17) is 5.73 Å². The monoisotopic (exact) mass is 261 g/mol. The van der Waals surface area contributed by atoms with Crippen LogP contribution in [-0.4, -0.2) is 29.9 Å². The molecular weight excluding hydrogens is 238 g/mol. The number of carbonyl (C=O) groups is 1. The predicted octanol–water partition coefficient (Wildman–Crippen LogP) is 1.96. The first-order valence-electron chi connectivity index (χ1n) is 7.06. The number of anilines is 1. The van der Waals surface area contributed by atoms with Crippen molar-refractivity contribution in [3.8, 4) is 0 Å². The van der Waals surface area contributed by atoms with Crippen LogP contribution in [0.1, 0.15) is 31.7 Å². The quantitative estimate of drug-likeness (QED) is 0.789. The van der Waals surface area contributed by atoms with Crippen molar-refractivity contribution in [1.29, 1.82) is 0 Å². The number of benzene rings is 1. The number of amides is 1. The summed E-state index contributed by atoms with van der Waals surface area (Å²) < 4.78 is 0. The van der Waals surface area contributed by atoms with Gasteiger partial charge in [0.1, 0.15) is 0 Å². The molecule has 0 spiro atoms. The summed E-state index contributed by atoms with van der Waals surface area (Å²) in [5.74, 6) is 0.0702. The average Bonchev–Trinajstić information content (AvgIpc) is 3.23. The van der Waals surface area contributed by atoms with Crippen molar-refractivity contribution in [1.82, 2.24) is 4.90 Å². The van der Waals surface area contributed by atoms with Crippen molar-refractivity contribution in [2.75, 3.05) is 18.4 Å². The largest absolute Gasteiger partial charge is 0.326 e. The van der Waals surface area contributed by atoms with Gasteiger partial charge < -0.3 is 11.1 Å². The molecule has 0 aromatic heterocycles. The van der Waals surface area contributed by atoms with Crippen LogP contribution in [-0.2, 0) is 11.3 Å². The second-order valence-corrected chi connectivity index (χ2v) is 5.15. The van der Waals surface area contributed by atoms with Crippen molar-refractivity contribution in [3.63, 3.8) is 0 Å². The lowest BCUT2D eigenvalue weighted by molar-refractivity contribution is -0.117. The Labute approximate surface area is 115 Å². The molecule has 1 aromatic carbocycles. The van der Waals surface area contributed by atoms with Crippen molar-refractivity contribution in [3.05, 3.63) is 29.8 Å². The minimum absolute atomic E-state index is 0.0702. The Kier molecular flexibility index (Phi) is 4.93. The van der Waals surface area contributed by atoms with Gasteiger partial charge in [-0.05, 0) is 43.5 Å². The van der Waals surface area contributed by atoms with Crippen molar-refractivity contribution in [2.45, 2.75) is 38.8 Å². The molecule has 2 rings (SSSR count). The summed E-state index contributed by atoms with van der Waals surface area (Å²) in [5.41, 5.74) is 7.46. The van der Waals surface area contributed by atoms with E-state index >= 15 is 0 Å². The van der Waals surface area contributed by atoms with Gasteiger partial charge in [-0.1, -0.05) is 19.1 Å². The lowest BCUT2D eigenvalue weighted by Gasteiger charge is -2.20. The van der Waals surface area contributed by atoms with Crippen LogP contribution in [0, 0.1) is 0 Å². The van der Waals surface area contributed by atoms with Crippen molar-refractivity contribution >= 4 is 11.6 Å². The highest BCUT2D eigenvalue weighted by atomic mass is 16.2. The predicted molar refractivity (Wildman–Crippen MR) is 77.8 cm³/mol. The Hall–Kier alpha value is -1.39. The minimum Gasteiger partial charge on any atom is -0.326 e. The zero-order valence-corrected chi connectivity index (χ0v) is 11.6. The van der Waals surface area contributed by atoms with E-state index in [-0.39, 0.29) is 5.91 Å². The lowest BCUT2D eigenvalue weighted by atomic mass is 10.2. The van der Waals surface area contributed by atoms with Gasteiger partial charge in [0.2, 0.25) is 5.91 Å². The highest BCUT2D eigenvalue weighted by molar-refractivity contribution is 5.92. The first-order valence-corrected chi connectivity index (χ1v) is 7.06. The SMILES string of the molecule is CCCN(CC(=O)Nc1ccc(CN)cc1)C1CC1. The molecule has 0 atom stereocenters. The Bertz CT molecular complexity index is 412. The standard InChI is InChI=1S/C15H23N3O/c1-2-9-18(14-7-8-14)11-15(19)17-13-5-3-12(10-16)4-6-13/h3-6,14H,2,7-11,16H2,1H3,(H,17,19). The molecule has 1 fully saturated rings. The zero-order valence-electron chi connectivity index (χ0n) is 11.6. The van der Waals surface area contributed by atoms with Gasteiger partial charge in [-0.3, -0.25) is 9.69 Å². The Morgan fingerprint density at radius 1 is 1.37 bits per heavy atom. The average molecular weight is 261 g/mol. The molecule has 1 saturated carbocycles. The van der Waals surface area contributed by atoms with E-state index in [1.165, 1.54) is 12.8 Å². The molecule has 1 aliphatic carbocycles. The molecule has 104 valence electrons. The van der Waals surface area contributed by atoms with Crippen molar-refractivity contribution < 1.29 is 4.79 Å². The zero-order chi connectivity index (χ0) is 13.7. The van der Waals surface area contributed by atoms with Crippen LogP contribution in [0.25, 0.3) is 0 Å². The van der Waals surface area contributed by atoms with Gasteiger partial charge in [0.05, 0.1) is 6.54 Å². The van der Waals surface area contributed by atoms with Crippen LogP contribution in [0.4, 0.5) is 5.69 Å². The summed E-state index contributed by atoms with van der Waals surface area (Å²) in [4.78, 5) is 14.3. The number of nitrogens with one attached hydrogen (secondary N) is 1. The molecule has 4 heteroatoms. The topological polar surface area (TPSA) is 58.4 Å². The van der Waals surface area contributed by atoms with Gasteiger partial charge in [0, 0.05) is 18.3 Å². The van der Waals surface area contributed by atoms with E-state index < -0.39 is 0 Å². The molecule has 1 amide bonds. The fourth-order valence-electron chi connectivity index (χ4n) is 2.23. The van der Waals surface area contributed by atoms with E-state index in [2.05, 4.69) is 17.1 Å². The number of rotatable bonds is 7. The van der Waals surface area contributed by atoms with E-state index in [0.29, 0.717) is 19.1 Å². The molecule has 0 aliphatic heterocycles. The molecule has 0 radical (unpaired) electrons. The maximum atomic E-state index is 12.0. The number of nitrogens with two attached hydrogens (primary N) is 1. The molecule has 0 unspecified atom stereocenters. The molecule has 3 N–H and O–H groups in total. The van der Waals surface area contributed by atoms with Crippen LogP contribution < -0.4 is 11.1 Å². The number of hydrogen-bond acceptors (Lipinski definition) is 3. The third-order valence-electron chi connectivity index (χ3n) is 3.39. The fourth-order valence-corrected chi connectivity index (χ4v) is 2.23. The highest BCUT2D eigenvalue weighted by Gasteiger charge is 2.29. The van der Waals surface area contributed by atoms with Crippen LogP contribution in [0.3, 0.4) is 0 Å². The first-order chi connectivity index (χ1) is 9.22. The van der Waals surface area contributed by atoms with E-state index in [0.717, 1.165) is 24.2 Å². The van der Waals surface area contributed by atoms with Gasteiger partial charge in [-0.25, -0.2) is 0 Å². The molecule has 0 bridgehead atoms. The molecule has 19 heavy (non-hydrogen) atoms. The van der Waals surface area contributed by atoms with E-state index in [1.807, 2.05) is 24.3 Å². The summed E-state index contributed by atoms with van der Waals surface area (Å²) in [5, 5.41) is 2.94. The Morgan fingerprint density at radius 3 is 2.58 bits per heavy atom.